The summed E-state index contributed by atoms with van der Waals surface area (Å²) in [7, 11) is 0. The number of hydrogen-bond acceptors (Lipinski definition) is 1. The van der Waals surface area contributed by atoms with Crippen LogP contribution in [0.4, 0.5) is 4.39 Å². The fourth-order valence-electron chi connectivity index (χ4n) is 3.90. The number of unbranched alkanes of at least 4 members (excludes halogenated alkanes) is 1. The Balaban J connectivity index is 1.68. The molecule has 1 saturated carbocycles. The Morgan fingerprint density at radius 1 is 1.08 bits per heavy atom. The Labute approximate surface area is 145 Å². The van der Waals surface area contributed by atoms with Gasteiger partial charge in [-0.25, -0.2) is 4.39 Å². The fourth-order valence-corrected chi connectivity index (χ4v) is 3.90. The number of nitrogens with zero attached hydrogens (tertiary/aromatic N) is 1. The summed E-state index contributed by atoms with van der Waals surface area (Å²) in [5.41, 5.74) is 3.58. The molecule has 1 aromatic carbocycles. The smallest absolute Gasteiger partial charge is 0.132 e. The first kappa shape index (κ1) is 17.1. The number of aryl methyl sites for hydroxylation is 1. The molecule has 3 rings (SSSR count). The Morgan fingerprint density at radius 2 is 1.88 bits per heavy atom. The number of pyridine rings is 1. The maximum atomic E-state index is 14.6. The molecule has 128 valence electrons. The number of halogens is 1. The topological polar surface area (TPSA) is 12.9 Å². The number of hydrogen-bond donors (Lipinski definition) is 0. The summed E-state index contributed by atoms with van der Waals surface area (Å²) in [4.78, 5) is 4.35. The van der Waals surface area contributed by atoms with Crippen LogP contribution in [0, 0.1) is 18.7 Å². The van der Waals surface area contributed by atoms with Crippen molar-refractivity contribution in [3.8, 4) is 11.3 Å². The summed E-state index contributed by atoms with van der Waals surface area (Å²) in [6, 6.07) is 9.63. The molecule has 0 bridgehead atoms. The zero-order valence-corrected chi connectivity index (χ0v) is 14.9. The van der Waals surface area contributed by atoms with Gasteiger partial charge in [-0.15, -0.1) is 0 Å². The third kappa shape index (κ3) is 4.03. The maximum absolute atomic E-state index is 14.6. The zero-order chi connectivity index (χ0) is 16.9. The second-order valence-corrected chi connectivity index (χ2v) is 7.32. The van der Waals surface area contributed by atoms with Crippen molar-refractivity contribution in [2.24, 2.45) is 5.92 Å². The van der Waals surface area contributed by atoms with Crippen LogP contribution in [0.1, 0.15) is 68.9 Å². The third-order valence-electron chi connectivity index (χ3n) is 5.46. The highest BCUT2D eigenvalue weighted by molar-refractivity contribution is 5.60. The first-order valence-corrected chi connectivity index (χ1v) is 9.40. The first-order chi connectivity index (χ1) is 11.7. The van der Waals surface area contributed by atoms with Crippen molar-refractivity contribution in [3.63, 3.8) is 0 Å². The summed E-state index contributed by atoms with van der Waals surface area (Å²) in [6.45, 7) is 4.26. The van der Waals surface area contributed by atoms with E-state index >= 15 is 0 Å². The molecule has 0 N–H and O–H groups in total. The summed E-state index contributed by atoms with van der Waals surface area (Å²) in [5.74, 6) is 1.27. The number of aromatic nitrogens is 1. The Morgan fingerprint density at radius 3 is 2.50 bits per heavy atom. The van der Waals surface area contributed by atoms with Gasteiger partial charge in [-0.3, -0.25) is 4.98 Å². The normalized spacial score (nSPS) is 21.0. The van der Waals surface area contributed by atoms with Crippen LogP contribution in [-0.2, 0) is 0 Å². The SMILES string of the molecule is CCCCC1CCC(c2ccc(-c3ccc(C)cn3)c(F)c2)CC1. The number of rotatable bonds is 5. The summed E-state index contributed by atoms with van der Waals surface area (Å²) < 4.78 is 14.6. The van der Waals surface area contributed by atoms with Crippen LogP contribution < -0.4 is 0 Å². The van der Waals surface area contributed by atoms with E-state index in [0.717, 1.165) is 17.0 Å². The minimum absolute atomic E-state index is 0.142. The van der Waals surface area contributed by atoms with Crippen molar-refractivity contribution >= 4 is 0 Å². The lowest BCUT2D eigenvalue weighted by molar-refractivity contribution is 0.304. The molecule has 24 heavy (non-hydrogen) atoms. The lowest BCUT2D eigenvalue weighted by Crippen LogP contribution is -2.13. The van der Waals surface area contributed by atoms with E-state index in [2.05, 4.69) is 18.0 Å². The molecule has 1 aliphatic rings. The van der Waals surface area contributed by atoms with Crippen LogP contribution in [0.3, 0.4) is 0 Å². The molecule has 0 spiro atoms. The van der Waals surface area contributed by atoms with Gasteiger partial charge in [-0.05, 0) is 73.8 Å². The molecule has 2 heteroatoms. The highest BCUT2D eigenvalue weighted by atomic mass is 19.1. The summed E-state index contributed by atoms with van der Waals surface area (Å²) in [5, 5.41) is 0. The third-order valence-corrected chi connectivity index (χ3v) is 5.46. The molecule has 1 heterocycles. The molecule has 1 fully saturated rings. The highest BCUT2D eigenvalue weighted by Gasteiger charge is 2.22. The summed E-state index contributed by atoms with van der Waals surface area (Å²) in [6.07, 6.45) is 10.8. The first-order valence-electron chi connectivity index (χ1n) is 9.40. The quantitative estimate of drug-likeness (QED) is 0.599. The fraction of sp³-hybridized carbons (Fsp3) is 0.500. The number of benzene rings is 1. The van der Waals surface area contributed by atoms with E-state index in [0.29, 0.717) is 17.2 Å². The minimum atomic E-state index is -0.142. The summed E-state index contributed by atoms with van der Waals surface area (Å²) >= 11 is 0. The van der Waals surface area contributed by atoms with Crippen molar-refractivity contribution in [1.82, 2.24) is 4.98 Å². The van der Waals surface area contributed by atoms with Crippen LogP contribution in [0.2, 0.25) is 0 Å². The standard InChI is InChI=1S/C22H28FN/c1-3-4-5-17-7-9-18(10-8-17)19-11-12-20(21(23)14-19)22-13-6-16(2)15-24-22/h6,11-15,17-18H,3-5,7-10H2,1-2H3. The molecule has 0 saturated heterocycles. The van der Waals surface area contributed by atoms with Gasteiger partial charge in [0.2, 0.25) is 0 Å². The van der Waals surface area contributed by atoms with Gasteiger partial charge < -0.3 is 0 Å². The largest absolute Gasteiger partial charge is 0.256 e. The molecule has 0 amide bonds. The van der Waals surface area contributed by atoms with Gasteiger partial charge in [-0.2, -0.15) is 0 Å². The average Bonchev–Trinajstić information content (AvgIpc) is 2.61. The van der Waals surface area contributed by atoms with Gasteiger partial charge >= 0.3 is 0 Å². The van der Waals surface area contributed by atoms with Gasteiger partial charge in [0.1, 0.15) is 5.82 Å². The van der Waals surface area contributed by atoms with E-state index < -0.39 is 0 Å². The Bertz CT molecular complexity index is 654. The van der Waals surface area contributed by atoms with Crippen LogP contribution >= 0.6 is 0 Å². The second kappa shape index (κ2) is 7.92. The Hall–Kier alpha value is -1.70. The van der Waals surface area contributed by atoms with E-state index in [4.69, 9.17) is 0 Å². The van der Waals surface area contributed by atoms with E-state index in [-0.39, 0.29) is 5.82 Å². The molecule has 0 unspecified atom stereocenters. The van der Waals surface area contributed by atoms with Crippen LogP contribution in [-0.4, -0.2) is 4.98 Å². The predicted molar refractivity (Wildman–Crippen MR) is 98.6 cm³/mol. The lowest BCUT2D eigenvalue weighted by atomic mass is 9.77. The molecule has 0 aliphatic heterocycles. The van der Waals surface area contributed by atoms with Crippen LogP contribution in [0.15, 0.2) is 36.5 Å². The zero-order valence-electron chi connectivity index (χ0n) is 14.9. The lowest BCUT2D eigenvalue weighted by Gasteiger charge is -2.29. The van der Waals surface area contributed by atoms with E-state index in [1.807, 2.05) is 25.1 Å². The molecule has 0 radical (unpaired) electrons. The molecular formula is C22H28FN. The van der Waals surface area contributed by atoms with Crippen molar-refractivity contribution in [1.29, 1.82) is 0 Å². The molecule has 0 atom stereocenters. The van der Waals surface area contributed by atoms with E-state index in [9.17, 15) is 4.39 Å². The average molecular weight is 325 g/mol. The predicted octanol–water partition coefficient (Wildman–Crippen LogP) is 6.66. The van der Waals surface area contributed by atoms with Crippen LogP contribution in [0.5, 0.6) is 0 Å². The van der Waals surface area contributed by atoms with Gasteiger partial charge in [0.15, 0.2) is 0 Å². The van der Waals surface area contributed by atoms with Gasteiger partial charge in [0.25, 0.3) is 0 Å². The van der Waals surface area contributed by atoms with Crippen molar-refractivity contribution in [2.75, 3.05) is 0 Å². The van der Waals surface area contributed by atoms with Gasteiger partial charge in [-0.1, -0.05) is 38.3 Å². The van der Waals surface area contributed by atoms with E-state index in [1.165, 1.54) is 44.9 Å². The van der Waals surface area contributed by atoms with Gasteiger partial charge in [0, 0.05) is 11.8 Å². The molecular weight excluding hydrogens is 297 g/mol. The molecule has 2 aromatic rings. The van der Waals surface area contributed by atoms with Crippen molar-refractivity contribution in [2.45, 2.75) is 64.7 Å². The van der Waals surface area contributed by atoms with Gasteiger partial charge in [0.05, 0.1) is 5.69 Å². The molecule has 1 aliphatic carbocycles. The van der Waals surface area contributed by atoms with E-state index in [1.54, 1.807) is 12.3 Å². The maximum Gasteiger partial charge on any atom is 0.132 e. The highest BCUT2D eigenvalue weighted by Crippen LogP contribution is 2.38. The second-order valence-electron chi connectivity index (χ2n) is 7.32. The van der Waals surface area contributed by atoms with Crippen molar-refractivity contribution < 1.29 is 4.39 Å². The minimum Gasteiger partial charge on any atom is -0.256 e. The Kier molecular flexibility index (Phi) is 5.65. The molecule has 1 aromatic heterocycles. The van der Waals surface area contributed by atoms with Crippen molar-refractivity contribution in [3.05, 3.63) is 53.5 Å². The molecule has 1 nitrogen and oxygen atoms in total. The monoisotopic (exact) mass is 325 g/mol. The van der Waals surface area contributed by atoms with Crippen LogP contribution in [0.25, 0.3) is 11.3 Å².